The Hall–Kier alpha value is -2.70. The van der Waals surface area contributed by atoms with Crippen LogP contribution in [0.25, 0.3) is 27.5 Å². The Bertz CT molecular complexity index is 1160. The van der Waals surface area contributed by atoms with Gasteiger partial charge in [0.05, 0.1) is 17.4 Å². The smallest absolute Gasteiger partial charge is 0.284 e. The Morgan fingerprint density at radius 3 is 2.78 bits per heavy atom. The maximum absolute atomic E-state index is 13.3. The fraction of sp³-hybridized carbons (Fsp3) is 0.250. The van der Waals surface area contributed by atoms with E-state index in [1.165, 1.54) is 0 Å². The summed E-state index contributed by atoms with van der Waals surface area (Å²) in [4.78, 5) is 19.5. The van der Waals surface area contributed by atoms with Gasteiger partial charge in [-0.3, -0.25) is 19.0 Å². The molecule has 0 aliphatic carbocycles. The number of hydrogen-bond acceptors (Lipinski definition) is 4. The molecule has 0 amide bonds. The standard InChI is InChI=1S/C20H20ClN5O/c1-24(2)9-4-10-25-13-17-16-7-6-14(21)11-18(16)26(20(27)19(17)23-25)15-5-3-8-22-12-15/h3,5-8,11-13H,4,9-10H2,1-2H3. The third kappa shape index (κ3) is 3.34. The number of nitrogens with zero attached hydrogens (tertiary/aromatic N) is 5. The molecule has 6 nitrogen and oxygen atoms in total. The number of aromatic nitrogens is 4. The average Bonchev–Trinajstić information content (AvgIpc) is 3.07. The molecule has 0 saturated carbocycles. The number of halogens is 1. The SMILES string of the molecule is CN(C)CCCn1cc2c(n1)c(=O)n(-c1cccnc1)c1cc(Cl)ccc21. The molecule has 4 rings (SSSR count). The van der Waals surface area contributed by atoms with E-state index in [0.717, 1.165) is 35.8 Å². The molecule has 0 spiro atoms. The number of fused-ring (bicyclic) bond motifs is 3. The average molecular weight is 382 g/mol. The van der Waals surface area contributed by atoms with Crippen LogP contribution >= 0.6 is 11.6 Å². The molecule has 0 N–H and O–H groups in total. The van der Waals surface area contributed by atoms with Crippen LogP contribution in [0.4, 0.5) is 0 Å². The predicted molar refractivity (Wildman–Crippen MR) is 109 cm³/mol. The highest BCUT2D eigenvalue weighted by molar-refractivity contribution is 6.31. The maximum atomic E-state index is 13.3. The normalized spacial score (nSPS) is 11.7. The number of aryl methyl sites for hydroxylation is 1. The number of pyridine rings is 2. The summed E-state index contributed by atoms with van der Waals surface area (Å²) in [5.41, 5.74) is 1.73. The van der Waals surface area contributed by atoms with Crippen molar-refractivity contribution in [1.29, 1.82) is 0 Å². The first-order chi connectivity index (χ1) is 13.0. The molecule has 27 heavy (non-hydrogen) atoms. The molecular formula is C20H20ClN5O. The van der Waals surface area contributed by atoms with Gasteiger partial charge in [0.2, 0.25) is 0 Å². The van der Waals surface area contributed by atoms with Crippen molar-refractivity contribution in [2.75, 3.05) is 20.6 Å². The molecule has 0 bridgehead atoms. The topological polar surface area (TPSA) is 56.0 Å². The minimum Gasteiger partial charge on any atom is -0.309 e. The summed E-state index contributed by atoms with van der Waals surface area (Å²) >= 11 is 6.23. The summed E-state index contributed by atoms with van der Waals surface area (Å²) in [5, 5.41) is 6.95. The summed E-state index contributed by atoms with van der Waals surface area (Å²) in [5.74, 6) is 0. The van der Waals surface area contributed by atoms with Crippen LogP contribution in [0.5, 0.6) is 0 Å². The maximum Gasteiger partial charge on any atom is 0.284 e. The lowest BCUT2D eigenvalue weighted by Gasteiger charge is -2.10. The van der Waals surface area contributed by atoms with Gasteiger partial charge in [-0.1, -0.05) is 17.7 Å². The number of hydrogen-bond donors (Lipinski definition) is 0. The van der Waals surface area contributed by atoms with Crippen molar-refractivity contribution in [3.63, 3.8) is 0 Å². The lowest BCUT2D eigenvalue weighted by molar-refractivity contribution is 0.381. The molecule has 3 heterocycles. The Morgan fingerprint density at radius 2 is 2.04 bits per heavy atom. The molecule has 4 aromatic rings. The van der Waals surface area contributed by atoms with Crippen LogP contribution in [-0.2, 0) is 6.54 Å². The number of benzene rings is 1. The molecule has 138 valence electrons. The molecule has 0 fully saturated rings. The van der Waals surface area contributed by atoms with Crippen molar-refractivity contribution >= 4 is 33.4 Å². The molecule has 0 aliphatic heterocycles. The van der Waals surface area contributed by atoms with Crippen molar-refractivity contribution in [1.82, 2.24) is 24.2 Å². The van der Waals surface area contributed by atoms with Gasteiger partial charge in [0.15, 0.2) is 5.52 Å². The second kappa shape index (κ2) is 7.13. The highest BCUT2D eigenvalue weighted by Gasteiger charge is 2.16. The van der Waals surface area contributed by atoms with Crippen LogP contribution in [0.3, 0.4) is 0 Å². The molecule has 0 atom stereocenters. The van der Waals surface area contributed by atoms with Crippen molar-refractivity contribution in [2.24, 2.45) is 0 Å². The fourth-order valence-electron chi connectivity index (χ4n) is 3.32. The minimum atomic E-state index is -0.167. The predicted octanol–water partition coefficient (Wildman–Crippen LogP) is 3.34. The highest BCUT2D eigenvalue weighted by atomic mass is 35.5. The zero-order valence-electron chi connectivity index (χ0n) is 15.3. The van der Waals surface area contributed by atoms with Gasteiger partial charge < -0.3 is 4.90 Å². The van der Waals surface area contributed by atoms with Crippen LogP contribution in [-0.4, -0.2) is 44.9 Å². The Labute approximate surface area is 161 Å². The van der Waals surface area contributed by atoms with Gasteiger partial charge in [0, 0.05) is 34.7 Å². The lowest BCUT2D eigenvalue weighted by Crippen LogP contribution is -2.19. The Morgan fingerprint density at radius 1 is 1.19 bits per heavy atom. The third-order valence-corrected chi connectivity index (χ3v) is 4.79. The van der Waals surface area contributed by atoms with E-state index < -0.39 is 0 Å². The second-order valence-corrected chi connectivity index (χ2v) is 7.26. The van der Waals surface area contributed by atoms with E-state index in [1.807, 2.05) is 55.3 Å². The van der Waals surface area contributed by atoms with Crippen LogP contribution in [0, 0.1) is 0 Å². The van der Waals surface area contributed by atoms with E-state index in [-0.39, 0.29) is 5.56 Å². The summed E-state index contributed by atoms with van der Waals surface area (Å²) in [7, 11) is 4.09. The van der Waals surface area contributed by atoms with Crippen LogP contribution < -0.4 is 5.56 Å². The fourth-order valence-corrected chi connectivity index (χ4v) is 3.48. The van der Waals surface area contributed by atoms with Crippen molar-refractivity contribution in [3.05, 3.63) is 64.3 Å². The van der Waals surface area contributed by atoms with Gasteiger partial charge in [-0.05, 0) is 51.3 Å². The molecule has 3 aromatic heterocycles. The summed E-state index contributed by atoms with van der Waals surface area (Å²) in [6.45, 7) is 1.72. The molecular weight excluding hydrogens is 362 g/mol. The van der Waals surface area contributed by atoms with Gasteiger partial charge in [0.1, 0.15) is 0 Å². The van der Waals surface area contributed by atoms with Gasteiger partial charge in [-0.2, -0.15) is 5.10 Å². The number of rotatable bonds is 5. The Kier molecular flexibility index (Phi) is 4.68. The van der Waals surface area contributed by atoms with Gasteiger partial charge >= 0.3 is 0 Å². The zero-order chi connectivity index (χ0) is 19.0. The van der Waals surface area contributed by atoms with E-state index in [4.69, 9.17) is 11.6 Å². The van der Waals surface area contributed by atoms with Gasteiger partial charge in [-0.25, -0.2) is 0 Å². The highest BCUT2D eigenvalue weighted by Crippen LogP contribution is 2.27. The van der Waals surface area contributed by atoms with E-state index in [9.17, 15) is 4.79 Å². The molecule has 1 aromatic carbocycles. The van der Waals surface area contributed by atoms with Gasteiger partial charge in [-0.15, -0.1) is 0 Å². The van der Waals surface area contributed by atoms with E-state index in [1.54, 1.807) is 17.0 Å². The monoisotopic (exact) mass is 381 g/mol. The lowest BCUT2D eigenvalue weighted by atomic mass is 10.1. The van der Waals surface area contributed by atoms with E-state index >= 15 is 0 Å². The van der Waals surface area contributed by atoms with Crippen LogP contribution in [0.1, 0.15) is 6.42 Å². The molecule has 0 aliphatic rings. The third-order valence-electron chi connectivity index (χ3n) is 4.55. The minimum absolute atomic E-state index is 0.167. The first-order valence-corrected chi connectivity index (χ1v) is 9.19. The van der Waals surface area contributed by atoms with Crippen molar-refractivity contribution in [3.8, 4) is 5.69 Å². The Balaban J connectivity index is 1.95. The van der Waals surface area contributed by atoms with Gasteiger partial charge in [0.25, 0.3) is 5.56 Å². The van der Waals surface area contributed by atoms with Crippen LogP contribution in [0.15, 0.2) is 53.7 Å². The first kappa shape index (κ1) is 17.7. The quantitative estimate of drug-likeness (QED) is 0.532. The van der Waals surface area contributed by atoms with Crippen LogP contribution in [0.2, 0.25) is 5.02 Å². The molecule has 0 saturated heterocycles. The summed E-state index contributed by atoms with van der Waals surface area (Å²) < 4.78 is 3.49. The largest absolute Gasteiger partial charge is 0.309 e. The van der Waals surface area contributed by atoms with Crippen molar-refractivity contribution in [2.45, 2.75) is 13.0 Å². The van der Waals surface area contributed by atoms with E-state index in [2.05, 4.69) is 15.0 Å². The first-order valence-electron chi connectivity index (χ1n) is 8.81. The zero-order valence-corrected chi connectivity index (χ0v) is 16.0. The summed E-state index contributed by atoms with van der Waals surface area (Å²) in [6.07, 6.45) is 6.27. The molecule has 7 heteroatoms. The summed E-state index contributed by atoms with van der Waals surface area (Å²) in [6, 6.07) is 9.26. The second-order valence-electron chi connectivity index (χ2n) is 6.82. The van der Waals surface area contributed by atoms with E-state index in [0.29, 0.717) is 16.2 Å². The molecule has 0 radical (unpaired) electrons. The van der Waals surface area contributed by atoms with Crippen molar-refractivity contribution < 1.29 is 0 Å². The molecule has 0 unspecified atom stereocenters.